The number of fused-ring (bicyclic) bond motifs is 1. The lowest BCUT2D eigenvalue weighted by atomic mass is 9.90. The number of pyridine rings is 1. The quantitative estimate of drug-likeness (QED) is 0.288. The van der Waals surface area contributed by atoms with Crippen LogP contribution in [0.1, 0.15) is 17.2 Å². The molecule has 0 aliphatic carbocycles. The molecule has 2 heterocycles. The van der Waals surface area contributed by atoms with Crippen molar-refractivity contribution in [3.8, 4) is 28.4 Å². The predicted octanol–water partition coefficient (Wildman–Crippen LogP) is 5.04. The maximum Gasteiger partial charge on any atom is 0.216 e. The minimum atomic E-state index is -0.557. The van der Waals surface area contributed by atoms with Crippen molar-refractivity contribution in [2.45, 2.75) is 5.92 Å². The summed E-state index contributed by atoms with van der Waals surface area (Å²) in [5.41, 5.74) is 4.43. The molecule has 164 valence electrons. The molecule has 0 radical (unpaired) electrons. The van der Waals surface area contributed by atoms with E-state index in [0.717, 1.165) is 22.3 Å². The molecule has 4 rings (SSSR count). The summed E-state index contributed by atoms with van der Waals surface area (Å²) in [4.78, 5) is 11.5. The lowest BCUT2D eigenvalue weighted by Crippen LogP contribution is -2.17. The highest BCUT2D eigenvalue weighted by atomic mass is 16.6. The standard InChI is InChI=1S/C25H24N2O5/c1-30-22-13-18(14-23(31-2)25(22)32-3)21(16-27(28)29)24-20(17-9-5-4-6-10-17)15-19-11-7-8-12-26(19)24/h4-15,21H,16H2,1-3H3/t21-/m1/s1. The van der Waals surface area contributed by atoms with Gasteiger partial charge in [0.25, 0.3) is 0 Å². The number of ether oxygens (including phenoxy) is 3. The first kappa shape index (κ1) is 21.2. The van der Waals surface area contributed by atoms with Gasteiger partial charge in [0, 0.05) is 27.9 Å². The average Bonchev–Trinajstić information content (AvgIpc) is 3.21. The fourth-order valence-corrected chi connectivity index (χ4v) is 4.15. The summed E-state index contributed by atoms with van der Waals surface area (Å²) in [6.07, 6.45) is 1.93. The Labute approximate surface area is 185 Å². The second-order valence-electron chi connectivity index (χ2n) is 7.33. The van der Waals surface area contributed by atoms with Gasteiger partial charge in [0.05, 0.1) is 27.2 Å². The number of aromatic nitrogens is 1. The summed E-state index contributed by atoms with van der Waals surface area (Å²) in [5.74, 6) is 0.801. The van der Waals surface area contributed by atoms with Gasteiger partial charge in [-0.2, -0.15) is 0 Å². The van der Waals surface area contributed by atoms with Crippen LogP contribution in [0.2, 0.25) is 0 Å². The highest BCUT2D eigenvalue weighted by Gasteiger charge is 2.29. The molecule has 0 spiro atoms. The topological polar surface area (TPSA) is 75.2 Å². The van der Waals surface area contributed by atoms with E-state index in [4.69, 9.17) is 14.2 Å². The molecule has 1 atom stereocenters. The van der Waals surface area contributed by atoms with Crippen LogP contribution in [0.4, 0.5) is 0 Å². The molecule has 2 aromatic heterocycles. The third kappa shape index (κ3) is 3.85. The number of nitro groups is 1. The summed E-state index contributed by atoms with van der Waals surface area (Å²) < 4.78 is 18.5. The number of benzene rings is 2. The van der Waals surface area contributed by atoms with E-state index < -0.39 is 5.92 Å². The van der Waals surface area contributed by atoms with Crippen LogP contribution < -0.4 is 14.2 Å². The molecule has 7 heteroatoms. The van der Waals surface area contributed by atoms with Crippen molar-refractivity contribution in [2.75, 3.05) is 27.9 Å². The zero-order valence-corrected chi connectivity index (χ0v) is 18.1. The van der Waals surface area contributed by atoms with Crippen molar-refractivity contribution in [2.24, 2.45) is 0 Å². The molecule has 0 bridgehead atoms. The van der Waals surface area contributed by atoms with Crippen molar-refractivity contribution in [1.29, 1.82) is 0 Å². The smallest absolute Gasteiger partial charge is 0.216 e. The lowest BCUT2D eigenvalue weighted by molar-refractivity contribution is -0.481. The molecule has 7 nitrogen and oxygen atoms in total. The number of methoxy groups -OCH3 is 3. The minimum absolute atomic E-state index is 0.287. The van der Waals surface area contributed by atoms with Gasteiger partial charge in [-0.15, -0.1) is 0 Å². The van der Waals surface area contributed by atoms with E-state index in [1.807, 2.05) is 59.1 Å². The van der Waals surface area contributed by atoms with Crippen molar-refractivity contribution in [3.05, 3.63) is 94.3 Å². The molecule has 0 aliphatic heterocycles. The molecule has 32 heavy (non-hydrogen) atoms. The molecule has 0 aliphatic rings. The van der Waals surface area contributed by atoms with Gasteiger partial charge in [0.2, 0.25) is 12.3 Å². The van der Waals surface area contributed by atoms with E-state index in [9.17, 15) is 10.1 Å². The van der Waals surface area contributed by atoms with E-state index in [1.54, 1.807) is 12.1 Å². The molecule has 0 amide bonds. The van der Waals surface area contributed by atoms with E-state index in [1.165, 1.54) is 21.3 Å². The summed E-state index contributed by atoms with van der Waals surface area (Å²) in [5, 5.41) is 11.8. The van der Waals surface area contributed by atoms with Crippen LogP contribution in [-0.4, -0.2) is 37.2 Å². The average molecular weight is 432 g/mol. The van der Waals surface area contributed by atoms with Crippen LogP contribution in [-0.2, 0) is 0 Å². The van der Waals surface area contributed by atoms with Crippen LogP contribution in [0.3, 0.4) is 0 Å². The Bertz CT molecular complexity index is 1220. The van der Waals surface area contributed by atoms with E-state index in [-0.39, 0.29) is 11.5 Å². The maximum absolute atomic E-state index is 11.8. The van der Waals surface area contributed by atoms with Crippen LogP contribution in [0.15, 0.2) is 72.9 Å². The first-order valence-corrected chi connectivity index (χ1v) is 10.1. The zero-order chi connectivity index (χ0) is 22.7. The van der Waals surface area contributed by atoms with Crippen LogP contribution in [0.5, 0.6) is 17.2 Å². The van der Waals surface area contributed by atoms with Crippen LogP contribution in [0, 0.1) is 10.1 Å². The number of rotatable bonds is 8. The summed E-state index contributed by atoms with van der Waals surface area (Å²) in [6.45, 7) is -0.292. The van der Waals surface area contributed by atoms with Gasteiger partial charge < -0.3 is 18.6 Å². The van der Waals surface area contributed by atoms with Crippen molar-refractivity contribution in [1.82, 2.24) is 4.40 Å². The summed E-state index contributed by atoms with van der Waals surface area (Å²) in [6, 6.07) is 21.4. The largest absolute Gasteiger partial charge is 0.493 e. The van der Waals surface area contributed by atoms with E-state index >= 15 is 0 Å². The van der Waals surface area contributed by atoms with Crippen molar-refractivity contribution in [3.63, 3.8) is 0 Å². The molecule has 0 saturated carbocycles. The van der Waals surface area contributed by atoms with Gasteiger partial charge in [-0.05, 0) is 41.5 Å². The second kappa shape index (κ2) is 9.01. The molecule has 4 aromatic rings. The molecule has 2 aromatic carbocycles. The van der Waals surface area contributed by atoms with Crippen LogP contribution >= 0.6 is 0 Å². The Kier molecular flexibility index (Phi) is 5.98. The highest BCUT2D eigenvalue weighted by Crippen LogP contribution is 2.43. The number of nitrogens with zero attached hydrogens (tertiary/aromatic N) is 2. The normalized spacial score (nSPS) is 11.8. The predicted molar refractivity (Wildman–Crippen MR) is 123 cm³/mol. The van der Waals surface area contributed by atoms with E-state index in [2.05, 4.69) is 6.07 Å². The van der Waals surface area contributed by atoms with Gasteiger partial charge >= 0.3 is 0 Å². The fourth-order valence-electron chi connectivity index (χ4n) is 4.15. The van der Waals surface area contributed by atoms with Gasteiger partial charge in [-0.1, -0.05) is 36.4 Å². The first-order valence-electron chi connectivity index (χ1n) is 10.1. The monoisotopic (exact) mass is 432 g/mol. The molecular weight excluding hydrogens is 408 g/mol. The molecule has 0 saturated heterocycles. The third-order valence-corrected chi connectivity index (χ3v) is 5.56. The van der Waals surface area contributed by atoms with Crippen molar-refractivity contribution >= 4 is 5.52 Å². The Morgan fingerprint density at radius 3 is 2.16 bits per heavy atom. The fraction of sp³-hybridized carbons (Fsp3) is 0.200. The number of hydrogen-bond donors (Lipinski definition) is 0. The lowest BCUT2D eigenvalue weighted by Gasteiger charge is -2.20. The maximum atomic E-state index is 11.8. The van der Waals surface area contributed by atoms with Crippen molar-refractivity contribution < 1.29 is 19.1 Å². The SMILES string of the molecule is COc1cc([C@@H](C[N+](=O)[O-])c2c(-c3ccccc3)cc3ccccn23)cc(OC)c1OC. The summed E-state index contributed by atoms with van der Waals surface area (Å²) in [7, 11) is 4.60. The summed E-state index contributed by atoms with van der Waals surface area (Å²) >= 11 is 0. The van der Waals surface area contributed by atoms with Gasteiger partial charge in [0.1, 0.15) is 0 Å². The molecule has 0 unspecified atom stereocenters. The van der Waals surface area contributed by atoms with Gasteiger partial charge in [0.15, 0.2) is 11.5 Å². The van der Waals surface area contributed by atoms with E-state index in [0.29, 0.717) is 22.8 Å². The number of hydrogen-bond acceptors (Lipinski definition) is 5. The Morgan fingerprint density at radius 1 is 0.906 bits per heavy atom. The third-order valence-electron chi connectivity index (χ3n) is 5.56. The Morgan fingerprint density at radius 2 is 1.56 bits per heavy atom. The Balaban J connectivity index is 2.01. The first-order chi connectivity index (χ1) is 15.6. The highest BCUT2D eigenvalue weighted by molar-refractivity contribution is 5.75. The van der Waals surface area contributed by atoms with Crippen LogP contribution in [0.25, 0.3) is 16.6 Å². The molecule has 0 fully saturated rings. The van der Waals surface area contributed by atoms with Gasteiger partial charge in [-0.3, -0.25) is 10.1 Å². The molecular formula is C25H24N2O5. The molecule has 0 N–H and O–H groups in total. The van der Waals surface area contributed by atoms with Gasteiger partial charge in [-0.25, -0.2) is 0 Å². The Hall–Kier alpha value is -4.00. The second-order valence-corrected chi connectivity index (χ2v) is 7.33. The minimum Gasteiger partial charge on any atom is -0.493 e. The zero-order valence-electron chi connectivity index (χ0n) is 18.1.